The molecule has 0 saturated heterocycles. The average molecular weight is 189 g/mol. The van der Waals surface area contributed by atoms with Gasteiger partial charge in [0.15, 0.2) is 0 Å². The monoisotopic (exact) mass is 189 g/mol. The van der Waals surface area contributed by atoms with Gasteiger partial charge in [-0.2, -0.15) is 11.8 Å². The lowest BCUT2D eigenvalue weighted by Gasteiger charge is -2.20. The molecule has 0 heterocycles. The second-order valence-electron chi connectivity index (χ2n) is 2.78. The van der Waals surface area contributed by atoms with E-state index < -0.39 is 0 Å². The molecule has 0 fully saturated rings. The lowest BCUT2D eigenvalue weighted by Crippen LogP contribution is -2.37. The number of aliphatic hydroxyl groups excluding tert-OH is 1. The minimum Gasteiger partial charge on any atom is -0.395 e. The Balaban J connectivity index is 3.53. The molecule has 0 amide bonds. The van der Waals surface area contributed by atoms with Gasteiger partial charge in [0.1, 0.15) is 0 Å². The van der Waals surface area contributed by atoms with Crippen LogP contribution in [0.3, 0.4) is 0 Å². The van der Waals surface area contributed by atoms with Gasteiger partial charge in [-0.1, -0.05) is 6.08 Å². The summed E-state index contributed by atoms with van der Waals surface area (Å²) in [6, 6.07) is 0.366. The van der Waals surface area contributed by atoms with E-state index >= 15 is 0 Å². The SMILES string of the molecule is C=CCCNC(C)C(CO)SC. The number of thioether (sulfide) groups is 1. The minimum atomic E-state index is 0.240. The molecule has 0 aromatic heterocycles. The van der Waals surface area contributed by atoms with Crippen molar-refractivity contribution in [3.63, 3.8) is 0 Å². The molecule has 2 nitrogen and oxygen atoms in total. The van der Waals surface area contributed by atoms with Crippen molar-refractivity contribution >= 4 is 11.8 Å². The topological polar surface area (TPSA) is 32.3 Å². The van der Waals surface area contributed by atoms with Gasteiger partial charge in [-0.15, -0.1) is 6.58 Å². The number of hydrogen-bond donors (Lipinski definition) is 2. The molecule has 3 heteroatoms. The molecule has 72 valence electrons. The van der Waals surface area contributed by atoms with E-state index in [0.717, 1.165) is 13.0 Å². The molecule has 12 heavy (non-hydrogen) atoms. The molecule has 0 aromatic rings. The van der Waals surface area contributed by atoms with E-state index in [1.165, 1.54) is 0 Å². The summed E-state index contributed by atoms with van der Waals surface area (Å²) >= 11 is 1.70. The van der Waals surface area contributed by atoms with E-state index in [1.807, 2.05) is 12.3 Å². The van der Waals surface area contributed by atoms with Crippen molar-refractivity contribution in [3.05, 3.63) is 12.7 Å². The fourth-order valence-electron chi connectivity index (χ4n) is 0.981. The van der Waals surface area contributed by atoms with Crippen molar-refractivity contribution in [1.29, 1.82) is 0 Å². The molecule has 2 atom stereocenters. The van der Waals surface area contributed by atoms with E-state index in [-0.39, 0.29) is 6.61 Å². The Bertz CT molecular complexity index is 115. The predicted molar refractivity (Wildman–Crippen MR) is 56.7 cm³/mol. The van der Waals surface area contributed by atoms with Crippen molar-refractivity contribution in [2.45, 2.75) is 24.6 Å². The molecule has 0 aliphatic heterocycles. The second kappa shape index (κ2) is 7.65. The lowest BCUT2D eigenvalue weighted by atomic mass is 10.2. The van der Waals surface area contributed by atoms with Crippen LogP contribution in [0.1, 0.15) is 13.3 Å². The Kier molecular flexibility index (Phi) is 7.65. The highest BCUT2D eigenvalue weighted by molar-refractivity contribution is 7.99. The molecule has 0 bridgehead atoms. The Hall–Kier alpha value is 0.0100. The first-order chi connectivity index (χ1) is 5.76. The highest BCUT2D eigenvalue weighted by Crippen LogP contribution is 2.09. The predicted octanol–water partition coefficient (Wildman–Crippen LogP) is 1.26. The van der Waals surface area contributed by atoms with Crippen LogP contribution in [0.5, 0.6) is 0 Å². The molecule has 0 spiro atoms. The summed E-state index contributed by atoms with van der Waals surface area (Å²) in [5, 5.41) is 12.6. The van der Waals surface area contributed by atoms with Crippen LogP contribution >= 0.6 is 11.8 Å². The zero-order chi connectivity index (χ0) is 9.40. The van der Waals surface area contributed by atoms with Crippen LogP contribution in [0.4, 0.5) is 0 Å². The normalized spacial score (nSPS) is 15.6. The second-order valence-corrected chi connectivity index (χ2v) is 3.85. The van der Waals surface area contributed by atoms with Gasteiger partial charge in [0.05, 0.1) is 6.61 Å². The first kappa shape index (κ1) is 12.0. The van der Waals surface area contributed by atoms with E-state index in [1.54, 1.807) is 11.8 Å². The van der Waals surface area contributed by atoms with Crippen LogP contribution in [0.2, 0.25) is 0 Å². The van der Waals surface area contributed by atoms with Crippen LogP contribution in [0.25, 0.3) is 0 Å². The molecular formula is C9H19NOS. The maximum Gasteiger partial charge on any atom is 0.0564 e. The lowest BCUT2D eigenvalue weighted by molar-refractivity contribution is 0.276. The molecule has 0 saturated carbocycles. The van der Waals surface area contributed by atoms with Gasteiger partial charge >= 0.3 is 0 Å². The third kappa shape index (κ3) is 4.80. The van der Waals surface area contributed by atoms with Crippen LogP contribution in [0, 0.1) is 0 Å². The average Bonchev–Trinajstić information content (AvgIpc) is 2.07. The quantitative estimate of drug-likeness (QED) is 0.467. The van der Waals surface area contributed by atoms with E-state index in [4.69, 9.17) is 5.11 Å². The van der Waals surface area contributed by atoms with Crippen molar-refractivity contribution in [1.82, 2.24) is 5.32 Å². The molecule has 0 aliphatic rings. The number of aliphatic hydroxyl groups is 1. The number of nitrogens with one attached hydrogen (secondary N) is 1. The smallest absolute Gasteiger partial charge is 0.0564 e. The standard InChI is InChI=1S/C9H19NOS/c1-4-5-6-10-8(2)9(7-11)12-3/h4,8-11H,1,5-7H2,2-3H3. The molecule has 2 unspecified atom stereocenters. The van der Waals surface area contributed by atoms with Crippen molar-refractivity contribution in [2.75, 3.05) is 19.4 Å². The van der Waals surface area contributed by atoms with Crippen LogP contribution in [-0.2, 0) is 0 Å². The summed E-state index contributed by atoms with van der Waals surface area (Å²) < 4.78 is 0. The summed E-state index contributed by atoms with van der Waals surface area (Å²) in [4.78, 5) is 0. The van der Waals surface area contributed by atoms with Gasteiger partial charge in [-0.25, -0.2) is 0 Å². The van der Waals surface area contributed by atoms with Crippen LogP contribution in [-0.4, -0.2) is 35.8 Å². The Morgan fingerprint density at radius 3 is 2.75 bits per heavy atom. The van der Waals surface area contributed by atoms with E-state index in [9.17, 15) is 0 Å². The van der Waals surface area contributed by atoms with Gasteiger partial charge in [0, 0.05) is 11.3 Å². The highest BCUT2D eigenvalue weighted by Gasteiger charge is 2.13. The van der Waals surface area contributed by atoms with Gasteiger partial charge in [0.25, 0.3) is 0 Å². The van der Waals surface area contributed by atoms with E-state index in [2.05, 4.69) is 18.8 Å². The maximum atomic E-state index is 8.97. The number of rotatable bonds is 7. The minimum absolute atomic E-state index is 0.240. The Morgan fingerprint density at radius 2 is 2.33 bits per heavy atom. The van der Waals surface area contributed by atoms with Gasteiger partial charge in [0.2, 0.25) is 0 Å². The molecule has 0 rings (SSSR count). The summed E-state index contributed by atoms with van der Waals surface area (Å²) in [6.45, 7) is 6.93. The fourth-order valence-corrected chi connectivity index (χ4v) is 1.63. The molecule has 0 aromatic carbocycles. The third-order valence-electron chi connectivity index (χ3n) is 1.86. The molecule has 0 aliphatic carbocycles. The van der Waals surface area contributed by atoms with Crippen LogP contribution in [0.15, 0.2) is 12.7 Å². The molecule has 0 radical (unpaired) electrons. The summed E-state index contributed by atoms with van der Waals surface area (Å²) in [5.74, 6) is 0. The Morgan fingerprint density at radius 1 is 1.67 bits per heavy atom. The van der Waals surface area contributed by atoms with Gasteiger partial charge < -0.3 is 10.4 Å². The first-order valence-electron chi connectivity index (χ1n) is 4.24. The number of hydrogen-bond acceptors (Lipinski definition) is 3. The van der Waals surface area contributed by atoms with Crippen molar-refractivity contribution in [3.8, 4) is 0 Å². The van der Waals surface area contributed by atoms with Crippen molar-refractivity contribution < 1.29 is 5.11 Å². The van der Waals surface area contributed by atoms with Crippen molar-refractivity contribution in [2.24, 2.45) is 0 Å². The zero-order valence-corrected chi connectivity index (χ0v) is 8.73. The largest absolute Gasteiger partial charge is 0.395 e. The summed E-state index contributed by atoms with van der Waals surface area (Å²) in [7, 11) is 0. The summed E-state index contributed by atoms with van der Waals surface area (Å²) in [5.41, 5.74) is 0. The Labute approximate surface area is 79.4 Å². The molecule has 2 N–H and O–H groups in total. The highest BCUT2D eigenvalue weighted by atomic mass is 32.2. The van der Waals surface area contributed by atoms with E-state index in [0.29, 0.717) is 11.3 Å². The van der Waals surface area contributed by atoms with Gasteiger partial charge in [-0.3, -0.25) is 0 Å². The van der Waals surface area contributed by atoms with Crippen LogP contribution < -0.4 is 5.32 Å². The fraction of sp³-hybridized carbons (Fsp3) is 0.778. The van der Waals surface area contributed by atoms with Gasteiger partial charge in [-0.05, 0) is 26.1 Å². The first-order valence-corrected chi connectivity index (χ1v) is 5.53. The maximum absolute atomic E-state index is 8.97. The third-order valence-corrected chi connectivity index (χ3v) is 3.02. The summed E-state index contributed by atoms with van der Waals surface area (Å²) in [6.07, 6.45) is 4.90. The molecular weight excluding hydrogens is 170 g/mol. The zero-order valence-electron chi connectivity index (χ0n) is 7.92.